The van der Waals surface area contributed by atoms with Crippen LogP contribution in [0.2, 0.25) is 0 Å². The van der Waals surface area contributed by atoms with Crippen molar-refractivity contribution in [3.63, 3.8) is 0 Å². The van der Waals surface area contributed by atoms with E-state index in [1.54, 1.807) is 24.3 Å². The first-order chi connectivity index (χ1) is 21.5. The van der Waals surface area contributed by atoms with Crippen molar-refractivity contribution < 1.29 is 14.3 Å². The molecule has 2 unspecified atom stereocenters. The zero-order valence-electron chi connectivity index (χ0n) is 25.3. The van der Waals surface area contributed by atoms with Gasteiger partial charge in [0.1, 0.15) is 5.75 Å². The van der Waals surface area contributed by atoms with Gasteiger partial charge in [0.05, 0.1) is 18.0 Å². The molecule has 2 aliphatic heterocycles. The molecule has 44 heavy (non-hydrogen) atoms. The molecule has 3 amide bonds. The maximum absolute atomic E-state index is 13.2. The number of anilines is 3. The number of ether oxygens (including phenoxy) is 1. The van der Waals surface area contributed by atoms with Gasteiger partial charge in [0.25, 0.3) is 11.5 Å². The Balaban J connectivity index is 1.21. The highest BCUT2D eigenvalue weighted by atomic mass is 16.5. The molecular weight excluding hydrogens is 554 g/mol. The molecule has 2 aromatic carbocycles. The van der Waals surface area contributed by atoms with Crippen LogP contribution >= 0.6 is 0 Å². The molecule has 9 heteroatoms. The van der Waals surface area contributed by atoms with Gasteiger partial charge in [-0.25, -0.2) is 4.79 Å². The minimum atomic E-state index is -0.397. The summed E-state index contributed by atoms with van der Waals surface area (Å²) in [5.74, 6) is 1.09. The molecule has 0 spiro atoms. The Hall–Kier alpha value is -4.53. The third-order valence-corrected chi connectivity index (χ3v) is 8.87. The fourth-order valence-electron chi connectivity index (χ4n) is 6.80. The lowest BCUT2D eigenvalue weighted by atomic mass is 9.83. The normalized spacial score (nSPS) is 18.9. The lowest BCUT2D eigenvalue weighted by Crippen LogP contribution is -2.47. The Morgan fingerprint density at radius 2 is 1.84 bits per heavy atom. The van der Waals surface area contributed by atoms with Crippen LogP contribution < -0.4 is 31.1 Å². The highest BCUT2D eigenvalue weighted by Crippen LogP contribution is 2.39. The number of urea groups is 1. The van der Waals surface area contributed by atoms with Gasteiger partial charge in [-0.3, -0.25) is 9.59 Å². The fraction of sp³-hybridized carbons (Fsp3) is 0.400. The Morgan fingerprint density at radius 3 is 2.64 bits per heavy atom. The van der Waals surface area contributed by atoms with Crippen molar-refractivity contribution in [1.29, 1.82) is 0 Å². The van der Waals surface area contributed by atoms with Gasteiger partial charge in [0.15, 0.2) is 0 Å². The van der Waals surface area contributed by atoms with Crippen LogP contribution in [0.3, 0.4) is 0 Å². The Kier molecular flexibility index (Phi) is 9.00. The summed E-state index contributed by atoms with van der Waals surface area (Å²) in [5, 5.41) is 8.99. The van der Waals surface area contributed by atoms with E-state index in [-0.39, 0.29) is 17.4 Å². The van der Waals surface area contributed by atoms with E-state index in [0.29, 0.717) is 42.6 Å². The molecule has 1 aliphatic carbocycles. The smallest absolute Gasteiger partial charge is 0.323 e. The second-order valence-electron chi connectivity index (χ2n) is 12.0. The van der Waals surface area contributed by atoms with Gasteiger partial charge in [-0.15, -0.1) is 0 Å². The largest absolute Gasteiger partial charge is 0.494 e. The first-order valence-corrected chi connectivity index (χ1v) is 15.8. The van der Waals surface area contributed by atoms with Crippen LogP contribution in [-0.4, -0.2) is 42.7 Å². The van der Waals surface area contributed by atoms with Gasteiger partial charge in [0, 0.05) is 55.1 Å². The Labute approximate surface area is 258 Å². The highest BCUT2D eigenvalue weighted by Gasteiger charge is 2.35. The van der Waals surface area contributed by atoms with E-state index in [1.807, 2.05) is 47.9 Å². The number of nitrogens with one attached hydrogen (secondary N) is 3. The topological polar surface area (TPSA) is 105 Å². The summed E-state index contributed by atoms with van der Waals surface area (Å²) >= 11 is 0. The van der Waals surface area contributed by atoms with Crippen LogP contribution in [-0.2, 0) is 6.54 Å². The summed E-state index contributed by atoms with van der Waals surface area (Å²) in [6.07, 6.45) is 8.89. The molecule has 0 saturated carbocycles. The van der Waals surface area contributed by atoms with Crippen LogP contribution in [0.1, 0.15) is 67.4 Å². The molecule has 3 aromatic rings. The number of fused-ring (bicyclic) bond motifs is 4. The maximum atomic E-state index is 13.2. The van der Waals surface area contributed by atoms with E-state index in [0.717, 1.165) is 55.9 Å². The van der Waals surface area contributed by atoms with Crippen molar-refractivity contribution in [2.24, 2.45) is 5.92 Å². The molecule has 3 heterocycles. The minimum Gasteiger partial charge on any atom is -0.494 e. The van der Waals surface area contributed by atoms with E-state index < -0.39 is 6.03 Å². The highest BCUT2D eigenvalue weighted by molar-refractivity contribution is 6.04. The molecule has 230 valence electrons. The van der Waals surface area contributed by atoms with Gasteiger partial charge < -0.3 is 30.2 Å². The second kappa shape index (κ2) is 13.4. The first-order valence-electron chi connectivity index (χ1n) is 15.8. The number of carbonyl (C=O) groups excluding carboxylic acids is 2. The second-order valence-corrected chi connectivity index (χ2v) is 12.0. The number of aromatic nitrogens is 1. The number of pyridine rings is 1. The van der Waals surface area contributed by atoms with E-state index in [9.17, 15) is 14.4 Å². The minimum absolute atomic E-state index is 0.0501. The first kappa shape index (κ1) is 29.5. The average Bonchev–Trinajstić information content (AvgIpc) is 3.03. The predicted octanol–water partition coefficient (Wildman–Crippen LogP) is 6.14. The lowest BCUT2D eigenvalue weighted by molar-refractivity contribution is 0.0954. The van der Waals surface area contributed by atoms with Gasteiger partial charge >= 0.3 is 6.03 Å². The van der Waals surface area contributed by atoms with Crippen molar-refractivity contribution in [3.05, 3.63) is 93.9 Å². The van der Waals surface area contributed by atoms with E-state index in [1.165, 1.54) is 18.4 Å². The van der Waals surface area contributed by atoms with Crippen LogP contribution in [0.4, 0.5) is 21.9 Å². The molecular formula is C35H41N5O4. The summed E-state index contributed by atoms with van der Waals surface area (Å²) in [6, 6.07) is 17.9. The number of allylic oxidation sites excluding steroid dienone is 1. The van der Waals surface area contributed by atoms with Crippen molar-refractivity contribution in [2.75, 3.05) is 41.8 Å². The van der Waals surface area contributed by atoms with E-state index in [4.69, 9.17) is 4.74 Å². The number of rotatable bonds is 9. The van der Waals surface area contributed by atoms with Crippen LogP contribution in [0.15, 0.2) is 77.1 Å². The van der Waals surface area contributed by atoms with Crippen LogP contribution in [0.25, 0.3) is 0 Å². The zero-order chi connectivity index (χ0) is 30.5. The number of carbonyl (C=O) groups is 2. The maximum Gasteiger partial charge on any atom is 0.323 e. The molecule has 6 rings (SSSR count). The van der Waals surface area contributed by atoms with Crippen molar-refractivity contribution >= 4 is 29.0 Å². The summed E-state index contributed by atoms with van der Waals surface area (Å²) in [7, 11) is 0. The summed E-state index contributed by atoms with van der Waals surface area (Å²) < 4.78 is 7.42. The third-order valence-electron chi connectivity index (χ3n) is 8.87. The van der Waals surface area contributed by atoms with E-state index in [2.05, 4.69) is 26.9 Å². The van der Waals surface area contributed by atoms with Gasteiger partial charge in [0.2, 0.25) is 0 Å². The molecule has 2 atom stereocenters. The molecule has 1 saturated heterocycles. The van der Waals surface area contributed by atoms with Crippen molar-refractivity contribution in [3.8, 4) is 5.75 Å². The molecule has 1 aromatic heterocycles. The predicted molar refractivity (Wildman–Crippen MR) is 174 cm³/mol. The number of benzene rings is 2. The number of hydrogen-bond acceptors (Lipinski definition) is 5. The van der Waals surface area contributed by atoms with Gasteiger partial charge in [-0.1, -0.05) is 17.7 Å². The molecule has 3 N–H and O–H groups in total. The fourth-order valence-corrected chi connectivity index (χ4v) is 6.80. The zero-order valence-corrected chi connectivity index (χ0v) is 25.3. The van der Waals surface area contributed by atoms with Gasteiger partial charge in [-0.05, 0) is 99.9 Å². The standard InChI is InChI=1S/C35H41N5O4/c1-2-44-29-14-12-28(13-15-29)37-35(43)38-30-20-26(34(42)36-18-17-24-7-4-3-5-8-24)11-16-32(30)39-21-25-19-27(23-39)31-9-6-10-33(41)40(31)22-25/h6-7,9-16,20,25,27H,2-5,8,17-19,21-23H2,1H3,(H,36,42)(H2,37,38,43). The summed E-state index contributed by atoms with van der Waals surface area (Å²) in [5.41, 5.74) is 5.09. The van der Waals surface area contributed by atoms with E-state index >= 15 is 0 Å². The number of nitrogens with zero attached hydrogens (tertiary/aromatic N) is 2. The molecule has 3 aliphatic rings. The van der Waals surface area contributed by atoms with Gasteiger partial charge in [-0.2, -0.15) is 0 Å². The summed E-state index contributed by atoms with van der Waals surface area (Å²) in [6.45, 7) is 5.23. The SMILES string of the molecule is CCOc1ccc(NC(=O)Nc2cc(C(=O)NCCC3=CCCCC3)ccc2N2CC3CC(C2)c2cccc(=O)n2C3)cc1. The summed E-state index contributed by atoms with van der Waals surface area (Å²) in [4.78, 5) is 41.3. The van der Waals surface area contributed by atoms with Crippen LogP contribution in [0.5, 0.6) is 5.75 Å². The molecule has 1 fully saturated rings. The molecule has 0 radical (unpaired) electrons. The number of hydrogen-bond donors (Lipinski definition) is 3. The van der Waals surface area contributed by atoms with Crippen molar-refractivity contribution in [2.45, 2.75) is 57.9 Å². The van der Waals surface area contributed by atoms with Crippen LogP contribution in [0, 0.1) is 5.92 Å². The monoisotopic (exact) mass is 595 g/mol. The van der Waals surface area contributed by atoms with Crippen molar-refractivity contribution in [1.82, 2.24) is 9.88 Å². The Morgan fingerprint density at radius 1 is 0.977 bits per heavy atom. The number of piperidine rings is 1. The Bertz CT molecular complexity index is 1600. The molecule has 2 bridgehead atoms. The quantitative estimate of drug-likeness (QED) is 0.258. The average molecular weight is 596 g/mol. The number of amides is 3. The third kappa shape index (κ3) is 6.82. The lowest BCUT2D eigenvalue weighted by Gasteiger charge is -2.44. The molecule has 9 nitrogen and oxygen atoms in total.